The molecule has 15 heteroatoms. The number of thioether (sulfide) groups is 1. The number of aliphatic hydroxyl groups is 1. The van der Waals surface area contributed by atoms with Gasteiger partial charge in [0.05, 0.1) is 10.1 Å². The van der Waals surface area contributed by atoms with E-state index in [9.17, 15) is 31.5 Å². The van der Waals surface area contributed by atoms with Crippen LogP contribution < -0.4 is 4.72 Å². The van der Waals surface area contributed by atoms with Crippen LogP contribution in [-0.2, 0) is 20.4 Å². The smallest absolute Gasteiger partial charge is 0.404 e. The van der Waals surface area contributed by atoms with Gasteiger partial charge in [-0.25, -0.2) is 8.42 Å². The van der Waals surface area contributed by atoms with Gasteiger partial charge in [0.25, 0.3) is 5.89 Å². The SMILES string of the molecule is CC1CCN(C(=O)C2N=C(c3nnc(C(C)(C)O)o3)SC2c2ccc(S(=O)(=O)N[C@@H](C)C(F)(F)F)c3ccccc23)CC1. The lowest BCUT2D eigenvalue weighted by Crippen LogP contribution is -2.44. The number of piperidine rings is 1. The molecule has 2 N–H and O–H groups in total. The first-order valence-electron chi connectivity index (χ1n) is 13.8. The molecule has 3 aromatic rings. The van der Waals surface area contributed by atoms with Crippen LogP contribution in [0.2, 0.25) is 0 Å². The normalized spacial score (nSPS) is 21.3. The number of hydrogen-bond acceptors (Lipinski definition) is 9. The van der Waals surface area contributed by atoms with E-state index in [2.05, 4.69) is 17.1 Å². The molecule has 3 heterocycles. The van der Waals surface area contributed by atoms with Crippen LogP contribution in [0.25, 0.3) is 10.8 Å². The fourth-order valence-electron chi connectivity index (χ4n) is 5.05. The minimum absolute atomic E-state index is 0.0252. The lowest BCUT2D eigenvalue weighted by atomic mass is 9.95. The number of hydrogen-bond donors (Lipinski definition) is 2. The molecule has 2 aliphatic heterocycles. The first-order chi connectivity index (χ1) is 20.1. The lowest BCUT2D eigenvalue weighted by molar-refractivity contribution is -0.147. The van der Waals surface area contributed by atoms with Crippen molar-refractivity contribution in [1.29, 1.82) is 0 Å². The molecule has 0 radical (unpaired) electrons. The van der Waals surface area contributed by atoms with E-state index >= 15 is 0 Å². The Morgan fingerprint density at radius 1 is 1.12 bits per heavy atom. The third-order valence-corrected chi connectivity index (χ3v) is 10.5. The summed E-state index contributed by atoms with van der Waals surface area (Å²) in [5.74, 6) is 0.289. The van der Waals surface area contributed by atoms with Crippen LogP contribution >= 0.6 is 11.8 Å². The molecule has 10 nitrogen and oxygen atoms in total. The third-order valence-electron chi connectivity index (χ3n) is 7.60. The van der Waals surface area contributed by atoms with Crippen molar-refractivity contribution in [2.45, 2.75) is 74.5 Å². The van der Waals surface area contributed by atoms with Crippen LogP contribution in [0.15, 0.2) is 50.7 Å². The largest absolute Gasteiger partial charge is 0.416 e. The monoisotopic (exact) mass is 639 g/mol. The van der Waals surface area contributed by atoms with E-state index < -0.39 is 39.1 Å². The van der Waals surface area contributed by atoms with E-state index in [0.29, 0.717) is 30.0 Å². The summed E-state index contributed by atoms with van der Waals surface area (Å²) in [5.41, 5.74) is -0.822. The molecule has 0 aliphatic carbocycles. The Morgan fingerprint density at radius 2 is 1.77 bits per heavy atom. The summed E-state index contributed by atoms with van der Waals surface area (Å²) >= 11 is 1.19. The van der Waals surface area contributed by atoms with Gasteiger partial charge in [0.2, 0.25) is 21.8 Å². The van der Waals surface area contributed by atoms with Gasteiger partial charge in [0.1, 0.15) is 17.7 Å². The zero-order valence-corrected chi connectivity index (χ0v) is 25.6. The maximum absolute atomic E-state index is 13.9. The Labute approximate surface area is 251 Å². The number of aliphatic imine (C=N–C) groups is 1. The number of sulfonamides is 1. The molecule has 0 saturated carbocycles. The van der Waals surface area contributed by atoms with Crippen LogP contribution in [-0.4, -0.2) is 70.9 Å². The predicted octanol–water partition coefficient (Wildman–Crippen LogP) is 4.54. The van der Waals surface area contributed by atoms with Crippen molar-refractivity contribution in [2.24, 2.45) is 10.9 Å². The fourth-order valence-corrected chi connectivity index (χ4v) is 7.72. The Morgan fingerprint density at radius 3 is 2.37 bits per heavy atom. The second kappa shape index (κ2) is 11.5. The van der Waals surface area contributed by atoms with Gasteiger partial charge in [-0.3, -0.25) is 9.79 Å². The van der Waals surface area contributed by atoms with Crippen LogP contribution in [0.5, 0.6) is 0 Å². The first kappa shape index (κ1) is 31.4. The molecule has 1 amide bonds. The summed E-state index contributed by atoms with van der Waals surface area (Å²) < 4.78 is 73.3. The average molecular weight is 640 g/mol. The molecule has 2 aliphatic rings. The highest BCUT2D eigenvalue weighted by molar-refractivity contribution is 8.15. The summed E-state index contributed by atoms with van der Waals surface area (Å²) in [6.45, 7) is 7.00. The van der Waals surface area contributed by atoms with Crippen molar-refractivity contribution in [2.75, 3.05) is 13.1 Å². The van der Waals surface area contributed by atoms with Gasteiger partial charge in [-0.1, -0.05) is 49.0 Å². The van der Waals surface area contributed by atoms with Crippen molar-refractivity contribution in [3.63, 3.8) is 0 Å². The Balaban J connectivity index is 1.56. The Hall–Kier alpha value is -3.01. The number of carbonyl (C=O) groups is 1. The second-order valence-corrected chi connectivity index (χ2v) is 14.3. The molecule has 43 heavy (non-hydrogen) atoms. The molecule has 0 bridgehead atoms. The molecule has 5 rings (SSSR count). The molecule has 232 valence electrons. The number of aromatic nitrogens is 2. The summed E-state index contributed by atoms with van der Waals surface area (Å²) in [4.78, 5) is 20.1. The molecule has 0 spiro atoms. The number of nitrogens with one attached hydrogen (secondary N) is 1. The van der Waals surface area contributed by atoms with Crippen molar-refractivity contribution in [3.8, 4) is 0 Å². The molecule has 3 atom stereocenters. The lowest BCUT2D eigenvalue weighted by Gasteiger charge is -2.32. The molecule has 1 fully saturated rings. The zero-order valence-electron chi connectivity index (χ0n) is 23.9. The highest BCUT2D eigenvalue weighted by atomic mass is 32.2. The van der Waals surface area contributed by atoms with Gasteiger partial charge < -0.3 is 14.4 Å². The molecule has 2 aromatic carbocycles. The second-order valence-electron chi connectivity index (χ2n) is 11.5. The Bertz CT molecular complexity index is 1660. The van der Waals surface area contributed by atoms with E-state index in [-0.39, 0.29) is 33.0 Å². The van der Waals surface area contributed by atoms with Gasteiger partial charge >= 0.3 is 6.18 Å². The predicted molar refractivity (Wildman–Crippen MR) is 155 cm³/mol. The quantitative estimate of drug-likeness (QED) is 0.385. The van der Waals surface area contributed by atoms with Crippen LogP contribution in [0, 0.1) is 5.92 Å². The molecule has 1 saturated heterocycles. The minimum atomic E-state index is -4.77. The van der Waals surface area contributed by atoms with E-state index in [0.717, 1.165) is 19.8 Å². The van der Waals surface area contributed by atoms with Crippen LogP contribution in [0.1, 0.15) is 63.1 Å². The highest BCUT2D eigenvalue weighted by Crippen LogP contribution is 2.46. The molecular formula is C28H32F3N5O5S2. The Kier molecular flexibility index (Phi) is 8.39. The van der Waals surface area contributed by atoms with E-state index in [1.807, 2.05) is 0 Å². The number of rotatable bonds is 7. The van der Waals surface area contributed by atoms with Crippen molar-refractivity contribution < 1.29 is 35.9 Å². The minimum Gasteiger partial charge on any atom is -0.416 e. The summed E-state index contributed by atoms with van der Waals surface area (Å²) in [6, 6.07) is 6.02. The third kappa shape index (κ3) is 6.44. The van der Waals surface area contributed by atoms with Crippen molar-refractivity contribution >= 4 is 43.5 Å². The van der Waals surface area contributed by atoms with E-state index in [1.165, 1.54) is 43.8 Å². The number of fused-ring (bicyclic) bond motifs is 1. The molecular weight excluding hydrogens is 607 g/mol. The summed E-state index contributed by atoms with van der Waals surface area (Å²) in [7, 11) is -4.56. The standard InChI is InChI=1S/C28H32F3N5O5S2/c1-15-11-13-36(14-12-15)25(37)21-22(42-24(32-21)23-33-34-26(41-23)27(3,4)38)19-9-10-20(18-8-6-5-7-17(18)19)43(39,40)35-16(2)28(29,30)31/h5-10,15-16,21-22,35,38H,11-14H2,1-4H3/t16-,21?,22?/m0/s1. The maximum atomic E-state index is 13.9. The van der Waals surface area contributed by atoms with Gasteiger partial charge in [-0.05, 0) is 56.5 Å². The summed E-state index contributed by atoms with van der Waals surface area (Å²) in [5, 5.41) is 18.6. The van der Waals surface area contributed by atoms with Gasteiger partial charge in [0, 0.05) is 18.5 Å². The highest BCUT2D eigenvalue weighted by Gasteiger charge is 2.43. The number of amides is 1. The maximum Gasteiger partial charge on any atom is 0.404 e. The topological polar surface area (TPSA) is 138 Å². The average Bonchev–Trinajstić information content (AvgIpc) is 3.60. The number of alkyl halides is 3. The number of nitrogens with zero attached hydrogens (tertiary/aromatic N) is 4. The first-order valence-corrected chi connectivity index (χ1v) is 16.1. The van der Waals surface area contributed by atoms with E-state index in [4.69, 9.17) is 9.41 Å². The molecule has 1 aromatic heterocycles. The van der Waals surface area contributed by atoms with Crippen molar-refractivity contribution in [3.05, 3.63) is 53.7 Å². The summed E-state index contributed by atoms with van der Waals surface area (Å²) in [6.07, 6.45) is -3.06. The van der Waals surface area contributed by atoms with Crippen LogP contribution in [0.4, 0.5) is 13.2 Å². The number of halogens is 3. The molecule has 2 unspecified atom stereocenters. The number of benzene rings is 2. The van der Waals surface area contributed by atoms with Gasteiger partial charge in [-0.15, -0.1) is 10.2 Å². The van der Waals surface area contributed by atoms with Gasteiger partial charge in [-0.2, -0.15) is 17.9 Å². The zero-order chi connectivity index (χ0) is 31.3. The van der Waals surface area contributed by atoms with E-state index in [1.54, 1.807) is 27.8 Å². The van der Waals surface area contributed by atoms with Gasteiger partial charge in [0.15, 0.2) is 5.04 Å². The fraction of sp³-hybridized carbons (Fsp3) is 0.500. The number of carbonyl (C=O) groups excluding carboxylic acids is 1. The van der Waals surface area contributed by atoms with Crippen LogP contribution in [0.3, 0.4) is 0 Å². The van der Waals surface area contributed by atoms with Crippen molar-refractivity contribution in [1.82, 2.24) is 19.8 Å². The number of likely N-dealkylation sites (tertiary alicyclic amines) is 1.